The van der Waals surface area contributed by atoms with Crippen molar-refractivity contribution in [2.24, 2.45) is 5.73 Å². The van der Waals surface area contributed by atoms with Gasteiger partial charge in [-0.2, -0.15) is 0 Å². The maximum absolute atomic E-state index is 11.9. The molecule has 0 fully saturated rings. The Morgan fingerprint density at radius 3 is 2.62 bits per heavy atom. The van der Waals surface area contributed by atoms with Crippen molar-refractivity contribution >= 4 is 17.5 Å². The van der Waals surface area contributed by atoms with Crippen molar-refractivity contribution in [3.05, 3.63) is 41.7 Å². The number of anilines is 1. The number of rotatable bonds is 6. The molecule has 1 heterocycles. The molecular formula is C13H16N6O2. The van der Waals surface area contributed by atoms with Gasteiger partial charge in [0.05, 0.1) is 11.9 Å². The maximum atomic E-state index is 11.9. The fourth-order valence-electron chi connectivity index (χ4n) is 1.74. The van der Waals surface area contributed by atoms with Gasteiger partial charge < -0.3 is 16.4 Å². The zero-order valence-electron chi connectivity index (χ0n) is 11.5. The lowest BCUT2D eigenvalue weighted by Gasteiger charge is -2.05. The summed E-state index contributed by atoms with van der Waals surface area (Å²) >= 11 is 0. The lowest BCUT2D eigenvalue weighted by Crippen LogP contribution is -2.19. The molecule has 2 amide bonds. The van der Waals surface area contributed by atoms with Crippen LogP contribution in [-0.2, 0) is 17.9 Å². The van der Waals surface area contributed by atoms with Crippen LogP contribution in [0, 0.1) is 0 Å². The molecule has 0 aliphatic heterocycles. The van der Waals surface area contributed by atoms with Gasteiger partial charge in [-0.15, -0.1) is 5.10 Å². The van der Waals surface area contributed by atoms with Crippen LogP contribution in [0.2, 0.25) is 0 Å². The van der Waals surface area contributed by atoms with E-state index in [1.54, 1.807) is 30.5 Å². The van der Waals surface area contributed by atoms with Crippen LogP contribution in [0.4, 0.5) is 5.69 Å². The van der Waals surface area contributed by atoms with Gasteiger partial charge in [-0.05, 0) is 31.3 Å². The van der Waals surface area contributed by atoms with E-state index in [-0.39, 0.29) is 12.5 Å². The highest BCUT2D eigenvalue weighted by atomic mass is 16.2. The predicted molar refractivity (Wildman–Crippen MR) is 76.4 cm³/mol. The molecule has 0 saturated heterocycles. The smallest absolute Gasteiger partial charge is 0.248 e. The first-order chi connectivity index (χ1) is 10.1. The monoisotopic (exact) mass is 288 g/mol. The molecule has 2 aromatic rings. The van der Waals surface area contributed by atoms with Crippen molar-refractivity contribution < 1.29 is 9.59 Å². The molecule has 0 radical (unpaired) electrons. The third kappa shape index (κ3) is 4.11. The van der Waals surface area contributed by atoms with Crippen molar-refractivity contribution in [2.75, 3.05) is 12.4 Å². The van der Waals surface area contributed by atoms with Gasteiger partial charge in [-0.1, -0.05) is 5.21 Å². The highest BCUT2D eigenvalue weighted by Crippen LogP contribution is 2.09. The summed E-state index contributed by atoms with van der Waals surface area (Å²) in [5, 5.41) is 13.4. The normalized spacial score (nSPS) is 10.3. The molecule has 0 atom stereocenters. The second kappa shape index (κ2) is 6.62. The highest BCUT2D eigenvalue weighted by molar-refractivity contribution is 5.94. The fourth-order valence-corrected chi connectivity index (χ4v) is 1.74. The first-order valence-corrected chi connectivity index (χ1v) is 6.32. The van der Waals surface area contributed by atoms with E-state index >= 15 is 0 Å². The van der Waals surface area contributed by atoms with Crippen molar-refractivity contribution in [2.45, 2.75) is 13.1 Å². The number of hydrogen-bond donors (Lipinski definition) is 3. The summed E-state index contributed by atoms with van der Waals surface area (Å²) in [6.45, 7) is 0.657. The number of carbonyl (C=O) groups excluding carboxylic acids is 2. The summed E-state index contributed by atoms with van der Waals surface area (Å²) in [7, 11) is 1.81. The summed E-state index contributed by atoms with van der Waals surface area (Å²) in [5.41, 5.74) is 6.88. The van der Waals surface area contributed by atoms with Crippen LogP contribution in [0.1, 0.15) is 16.1 Å². The number of amides is 2. The number of aromatic nitrogens is 3. The highest BCUT2D eigenvalue weighted by Gasteiger charge is 2.07. The Bertz CT molecular complexity index is 634. The summed E-state index contributed by atoms with van der Waals surface area (Å²) in [6.07, 6.45) is 1.70. The molecule has 0 spiro atoms. The van der Waals surface area contributed by atoms with Gasteiger partial charge in [-0.25, -0.2) is 4.68 Å². The predicted octanol–water partition coefficient (Wildman–Crippen LogP) is -0.265. The van der Waals surface area contributed by atoms with Gasteiger partial charge >= 0.3 is 0 Å². The second-order valence-corrected chi connectivity index (χ2v) is 4.43. The van der Waals surface area contributed by atoms with Crippen molar-refractivity contribution in [1.29, 1.82) is 0 Å². The molecule has 0 aliphatic carbocycles. The van der Waals surface area contributed by atoms with Crippen LogP contribution in [-0.4, -0.2) is 33.9 Å². The van der Waals surface area contributed by atoms with E-state index in [1.165, 1.54) is 4.68 Å². The molecule has 1 aromatic heterocycles. The van der Waals surface area contributed by atoms with Crippen molar-refractivity contribution in [3.63, 3.8) is 0 Å². The summed E-state index contributed by atoms with van der Waals surface area (Å²) < 4.78 is 1.46. The van der Waals surface area contributed by atoms with Gasteiger partial charge in [0.1, 0.15) is 6.54 Å². The molecule has 0 saturated carbocycles. The van der Waals surface area contributed by atoms with E-state index in [4.69, 9.17) is 5.73 Å². The molecule has 1 aromatic carbocycles. The van der Waals surface area contributed by atoms with Gasteiger partial charge in [0, 0.05) is 17.8 Å². The minimum Gasteiger partial charge on any atom is -0.366 e. The zero-order valence-corrected chi connectivity index (χ0v) is 11.5. The topological polar surface area (TPSA) is 115 Å². The molecule has 2 rings (SSSR count). The third-order valence-corrected chi connectivity index (χ3v) is 2.70. The fraction of sp³-hybridized carbons (Fsp3) is 0.231. The van der Waals surface area contributed by atoms with E-state index in [9.17, 15) is 9.59 Å². The van der Waals surface area contributed by atoms with Crippen LogP contribution >= 0.6 is 0 Å². The average Bonchev–Trinajstić information content (AvgIpc) is 2.87. The number of hydrogen-bond acceptors (Lipinski definition) is 5. The quantitative estimate of drug-likeness (QED) is 0.677. The Labute approximate surface area is 121 Å². The Hall–Kier alpha value is -2.74. The lowest BCUT2D eigenvalue weighted by molar-refractivity contribution is -0.116. The van der Waals surface area contributed by atoms with Gasteiger partial charge in [-0.3, -0.25) is 9.59 Å². The standard InChI is InChI=1S/C13H16N6O2/c1-15-6-11-7-19(18-17-11)8-12(20)16-10-4-2-9(3-5-10)13(14)21/h2-5,7,15H,6,8H2,1H3,(H2,14,21)(H,16,20). The Morgan fingerprint density at radius 2 is 2.00 bits per heavy atom. The molecule has 8 heteroatoms. The van der Waals surface area contributed by atoms with E-state index < -0.39 is 5.91 Å². The Morgan fingerprint density at radius 1 is 1.29 bits per heavy atom. The maximum Gasteiger partial charge on any atom is 0.248 e. The Balaban J connectivity index is 1.92. The van der Waals surface area contributed by atoms with Crippen molar-refractivity contribution in [1.82, 2.24) is 20.3 Å². The number of nitrogens with two attached hydrogens (primary N) is 1. The summed E-state index contributed by atoms with van der Waals surface area (Å²) in [4.78, 5) is 22.8. The lowest BCUT2D eigenvalue weighted by atomic mass is 10.2. The minimum absolute atomic E-state index is 0.0638. The first-order valence-electron chi connectivity index (χ1n) is 6.32. The average molecular weight is 288 g/mol. The molecule has 4 N–H and O–H groups in total. The molecule has 21 heavy (non-hydrogen) atoms. The largest absolute Gasteiger partial charge is 0.366 e. The van der Waals surface area contributed by atoms with Crippen LogP contribution in [0.25, 0.3) is 0 Å². The number of carbonyl (C=O) groups is 2. The van der Waals surface area contributed by atoms with E-state index in [1.807, 2.05) is 7.05 Å². The van der Waals surface area contributed by atoms with E-state index in [2.05, 4.69) is 20.9 Å². The number of nitrogens with one attached hydrogen (secondary N) is 2. The van der Waals surface area contributed by atoms with Crippen LogP contribution in [0.3, 0.4) is 0 Å². The molecule has 0 aliphatic rings. The number of primary amides is 1. The van der Waals surface area contributed by atoms with Crippen LogP contribution in [0.5, 0.6) is 0 Å². The third-order valence-electron chi connectivity index (χ3n) is 2.70. The van der Waals surface area contributed by atoms with Crippen molar-refractivity contribution in [3.8, 4) is 0 Å². The molecule has 110 valence electrons. The molecule has 0 unspecified atom stereocenters. The molecule has 8 nitrogen and oxygen atoms in total. The molecular weight excluding hydrogens is 272 g/mol. The van der Waals surface area contributed by atoms with Gasteiger partial charge in [0.2, 0.25) is 11.8 Å². The minimum atomic E-state index is -0.507. The van der Waals surface area contributed by atoms with E-state index in [0.717, 1.165) is 5.69 Å². The number of nitrogens with zero attached hydrogens (tertiary/aromatic N) is 3. The Kier molecular flexibility index (Phi) is 4.62. The second-order valence-electron chi connectivity index (χ2n) is 4.43. The van der Waals surface area contributed by atoms with E-state index in [0.29, 0.717) is 17.8 Å². The number of benzene rings is 1. The van der Waals surface area contributed by atoms with Gasteiger partial charge in [0.25, 0.3) is 0 Å². The summed E-state index contributed by atoms with van der Waals surface area (Å²) in [6, 6.07) is 6.34. The molecule has 0 bridgehead atoms. The van der Waals surface area contributed by atoms with Crippen LogP contribution < -0.4 is 16.4 Å². The SMILES string of the molecule is CNCc1cn(CC(=O)Nc2ccc(C(N)=O)cc2)nn1. The first kappa shape index (κ1) is 14.7. The van der Waals surface area contributed by atoms with Crippen LogP contribution in [0.15, 0.2) is 30.5 Å². The zero-order chi connectivity index (χ0) is 15.2. The summed E-state index contributed by atoms with van der Waals surface area (Å²) in [5.74, 6) is -0.740. The van der Waals surface area contributed by atoms with Gasteiger partial charge in [0.15, 0.2) is 0 Å².